The van der Waals surface area contributed by atoms with Gasteiger partial charge in [-0.15, -0.1) is 13.2 Å². The number of fused-ring (bicyclic) bond motifs is 1. The highest BCUT2D eigenvalue weighted by atomic mass is 35.5. The van der Waals surface area contributed by atoms with Crippen molar-refractivity contribution in [2.75, 3.05) is 0 Å². The number of hydrogen-bond donors (Lipinski definition) is 2. The number of phenols is 1. The molecule has 6 nitrogen and oxygen atoms in total. The van der Waals surface area contributed by atoms with E-state index in [2.05, 4.69) is 9.73 Å². The number of aliphatic hydroxyl groups excluding tert-OH is 1. The van der Waals surface area contributed by atoms with Crippen molar-refractivity contribution in [3.63, 3.8) is 0 Å². The first kappa shape index (κ1) is 22.8. The van der Waals surface area contributed by atoms with Gasteiger partial charge >= 0.3 is 6.36 Å². The Labute approximate surface area is 191 Å². The Morgan fingerprint density at radius 1 is 1.00 bits per heavy atom. The molecule has 0 bridgehead atoms. The van der Waals surface area contributed by atoms with Crippen molar-refractivity contribution in [3.8, 4) is 11.5 Å². The summed E-state index contributed by atoms with van der Waals surface area (Å²) in [6.07, 6.45) is -4.78. The molecule has 0 unspecified atom stereocenters. The third-order valence-corrected chi connectivity index (χ3v) is 5.27. The number of benzene rings is 3. The summed E-state index contributed by atoms with van der Waals surface area (Å²) in [5, 5.41) is 20.1. The van der Waals surface area contributed by atoms with Crippen LogP contribution < -0.4 is 10.4 Å². The van der Waals surface area contributed by atoms with Crippen LogP contribution in [0.5, 0.6) is 11.5 Å². The molecule has 0 atom stereocenters. The van der Waals surface area contributed by atoms with Crippen molar-refractivity contribution in [2.45, 2.75) is 19.5 Å². The lowest BCUT2D eigenvalue weighted by Gasteiger charge is -2.09. The SMILES string of the molecule is Cn1c(=Nc2ccc(OC(F)(F)F)cc2)n(Cc2ccc(CO)cc2)c2cc(Cl)cc(O)c21. The Morgan fingerprint density at radius 3 is 2.24 bits per heavy atom. The molecule has 0 amide bonds. The largest absolute Gasteiger partial charge is 0.573 e. The normalized spacial score (nSPS) is 12.5. The van der Waals surface area contributed by atoms with Gasteiger partial charge in [0.25, 0.3) is 0 Å². The molecule has 4 rings (SSSR count). The summed E-state index contributed by atoms with van der Waals surface area (Å²) in [6, 6.07) is 15.7. The van der Waals surface area contributed by atoms with Crippen LogP contribution in [0.3, 0.4) is 0 Å². The van der Waals surface area contributed by atoms with Crippen LogP contribution in [0.15, 0.2) is 65.7 Å². The van der Waals surface area contributed by atoms with Gasteiger partial charge in [0.2, 0.25) is 5.62 Å². The van der Waals surface area contributed by atoms with Gasteiger partial charge in [-0.1, -0.05) is 35.9 Å². The summed E-state index contributed by atoms with van der Waals surface area (Å²) in [5.41, 5.74) is 3.65. The predicted octanol–water partition coefficient (Wildman–Crippen LogP) is 5.01. The quantitative estimate of drug-likeness (QED) is 0.424. The van der Waals surface area contributed by atoms with E-state index in [9.17, 15) is 23.4 Å². The number of hydrogen-bond acceptors (Lipinski definition) is 4. The summed E-state index contributed by atoms with van der Waals surface area (Å²) in [5.74, 6) is -0.375. The highest BCUT2D eigenvalue weighted by Crippen LogP contribution is 2.29. The van der Waals surface area contributed by atoms with Crippen LogP contribution in [-0.2, 0) is 20.2 Å². The first-order chi connectivity index (χ1) is 15.6. The number of aliphatic hydroxyl groups is 1. The van der Waals surface area contributed by atoms with Crippen molar-refractivity contribution in [1.29, 1.82) is 0 Å². The molecule has 10 heteroatoms. The number of aromatic hydroxyl groups is 1. The maximum Gasteiger partial charge on any atom is 0.573 e. The van der Waals surface area contributed by atoms with Crippen LogP contribution in [0, 0.1) is 0 Å². The van der Waals surface area contributed by atoms with E-state index >= 15 is 0 Å². The first-order valence-corrected chi connectivity index (χ1v) is 10.2. The topological polar surface area (TPSA) is 71.9 Å². The van der Waals surface area contributed by atoms with Crippen molar-refractivity contribution in [2.24, 2.45) is 12.0 Å². The molecule has 0 fully saturated rings. The molecule has 4 aromatic rings. The minimum atomic E-state index is -4.78. The summed E-state index contributed by atoms with van der Waals surface area (Å²) in [4.78, 5) is 4.61. The van der Waals surface area contributed by atoms with Crippen LogP contribution >= 0.6 is 11.6 Å². The number of alkyl halides is 3. The van der Waals surface area contributed by atoms with E-state index in [1.807, 2.05) is 28.8 Å². The second-order valence-electron chi connectivity index (χ2n) is 7.37. The molecule has 2 N–H and O–H groups in total. The maximum absolute atomic E-state index is 12.4. The number of aromatic nitrogens is 2. The Hall–Kier alpha value is -3.43. The standard InChI is InChI=1S/C23H19ClF3N3O3/c1-29-21-19(10-16(24)11-20(21)32)30(12-14-2-4-15(13-31)5-3-14)22(29)28-17-6-8-18(9-7-17)33-23(25,26)27/h2-11,31-32H,12-13H2,1H3. The number of rotatable bonds is 5. The van der Waals surface area contributed by atoms with Crippen LogP contribution in [0.4, 0.5) is 18.9 Å². The highest BCUT2D eigenvalue weighted by molar-refractivity contribution is 6.31. The lowest BCUT2D eigenvalue weighted by molar-refractivity contribution is -0.274. The summed E-state index contributed by atoms with van der Waals surface area (Å²) < 4.78 is 44.7. The molecule has 1 aromatic heterocycles. The fourth-order valence-corrected chi connectivity index (χ4v) is 3.78. The lowest BCUT2D eigenvalue weighted by Crippen LogP contribution is -2.24. The monoisotopic (exact) mass is 477 g/mol. The van der Waals surface area contributed by atoms with Gasteiger partial charge in [0.05, 0.1) is 24.4 Å². The fourth-order valence-electron chi connectivity index (χ4n) is 3.57. The van der Waals surface area contributed by atoms with Crippen LogP contribution in [0.1, 0.15) is 11.1 Å². The molecule has 0 aliphatic carbocycles. The van der Waals surface area contributed by atoms with Gasteiger partial charge in [0, 0.05) is 18.1 Å². The van der Waals surface area contributed by atoms with Gasteiger partial charge < -0.3 is 24.1 Å². The minimum Gasteiger partial charge on any atom is -0.506 e. The van der Waals surface area contributed by atoms with Gasteiger partial charge in [0.15, 0.2) is 0 Å². The van der Waals surface area contributed by atoms with Crippen LogP contribution in [-0.4, -0.2) is 25.7 Å². The Kier molecular flexibility index (Phi) is 6.09. The van der Waals surface area contributed by atoms with Crippen molar-refractivity contribution < 1.29 is 28.1 Å². The Bertz CT molecular complexity index is 1360. The summed E-state index contributed by atoms with van der Waals surface area (Å²) >= 11 is 6.18. The van der Waals surface area contributed by atoms with E-state index in [1.54, 1.807) is 17.7 Å². The molecular weight excluding hydrogens is 459 g/mol. The van der Waals surface area contributed by atoms with E-state index < -0.39 is 6.36 Å². The molecule has 33 heavy (non-hydrogen) atoms. The number of imidazole rings is 1. The molecule has 0 saturated carbocycles. The Morgan fingerprint density at radius 2 is 1.64 bits per heavy atom. The zero-order chi connectivity index (χ0) is 23.8. The number of nitrogens with zero attached hydrogens (tertiary/aromatic N) is 3. The van der Waals surface area contributed by atoms with Crippen molar-refractivity contribution in [3.05, 3.63) is 82.4 Å². The second kappa shape index (κ2) is 8.84. The first-order valence-electron chi connectivity index (χ1n) is 9.81. The molecule has 0 saturated heterocycles. The third-order valence-electron chi connectivity index (χ3n) is 5.05. The molecule has 0 aliphatic rings. The molecule has 0 aliphatic heterocycles. The van der Waals surface area contributed by atoms with Gasteiger partial charge in [-0.05, 0) is 41.5 Å². The number of halogens is 4. The number of phenolic OH excluding ortho intramolecular Hbond substituents is 1. The van der Waals surface area contributed by atoms with Crippen molar-refractivity contribution >= 4 is 28.3 Å². The highest BCUT2D eigenvalue weighted by Gasteiger charge is 2.31. The average Bonchev–Trinajstić information content (AvgIpc) is 3.00. The smallest absolute Gasteiger partial charge is 0.506 e. The second-order valence-corrected chi connectivity index (χ2v) is 7.80. The van der Waals surface area contributed by atoms with Crippen LogP contribution in [0.2, 0.25) is 5.02 Å². The minimum absolute atomic E-state index is 0.0280. The molecule has 172 valence electrons. The lowest BCUT2D eigenvalue weighted by atomic mass is 10.1. The molecule has 1 heterocycles. The van der Waals surface area contributed by atoms with Gasteiger partial charge in [-0.3, -0.25) is 0 Å². The van der Waals surface area contributed by atoms with E-state index in [-0.39, 0.29) is 18.1 Å². The predicted molar refractivity (Wildman–Crippen MR) is 117 cm³/mol. The third kappa shape index (κ3) is 4.99. The average molecular weight is 478 g/mol. The van der Waals surface area contributed by atoms with Gasteiger partial charge in [-0.25, -0.2) is 4.99 Å². The van der Waals surface area contributed by atoms with E-state index in [1.165, 1.54) is 30.3 Å². The number of aryl methyl sites for hydroxylation is 1. The van der Waals surface area contributed by atoms with Gasteiger partial charge in [0.1, 0.15) is 17.0 Å². The van der Waals surface area contributed by atoms with Crippen LogP contribution in [0.25, 0.3) is 11.0 Å². The van der Waals surface area contributed by atoms with E-state index in [0.717, 1.165) is 11.1 Å². The molecule has 3 aromatic carbocycles. The van der Waals surface area contributed by atoms with Crippen molar-refractivity contribution in [1.82, 2.24) is 9.13 Å². The molecular formula is C23H19ClF3N3O3. The van der Waals surface area contributed by atoms with E-state index in [4.69, 9.17) is 11.6 Å². The fraction of sp³-hybridized carbons (Fsp3) is 0.174. The Balaban J connectivity index is 1.85. The molecule has 0 spiro atoms. The van der Waals surface area contributed by atoms with Gasteiger partial charge in [-0.2, -0.15) is 0 Å². The zero-order valence-corrected chi connectivity index (χ0v) is 18.1. The number of ether oxygens (including phenoxy) is 1. The van der Waals surface area contributed by atoms with E-state index in [0.29, 0.717) is 33.9 Å². The maximum atomic E-state index is 12.4. The summed E-state index contributed by atoms with van der Waals surface area (Å²) in [7, 11) is 1.72. The summed E-state index contributed by atoms with van der Waals surface area (Å²) in [6.45, 7) is 0.302. The molecule has 0 radical (unpaired) electrons. The zero-order valence-electron chi connectivity index (χ0n) is 17.3.